The van der Waals surface area contributed by atoms with Crippen LogP contribution in [0.3, 0.4) is 0 Å². The Bertz CT molecular complexity index is 1150. The Balaban J connectivity index is 0. The summed E-state index contributed by atoms with van der Waals surface area (Å²) in [5.74, 6) is -3.64. The van der Waals surface area contributed by atoms with Gasteiger partial charge in [-0.05, 0) is 54.7 Å². The molecular formula is C21H16FeN6O9. The molecule has 0 unspecified atom stereocenters. The molecule has 0 atom stereocenters. The van der Waals surface area contributed by atoms with Gasteiger partial charge in [0.25, 0.3) is 0 Å². The van der Waals surface area contributed by atoms with E-state index in [1.54, 1.807) is 0 Å². The number of primary amides is 3. The van der Waals surface area contributed by atoms with Crippen molar-refractivity contribution in [3.63, 3.8) is 0 Å². The molecule has 0 radical (unpaired) electrons. The van der Waals surface area contributed by atoms with E-state index >= 15 is 0 Å². The summed E-state index contributed by atoms with van der Waals surface area (Å²) in [7, 11) is 0. The van der Waals surface area contributed by atoms with Gasteiger partial charge in [-0.15, -0.1) is 0 Å². The van der Waals surface area contributed by atoms with Crippen molar-refractivity contribution in [2.45, 2.75) is 0 Å². The number of nitrogens with zero attached hydrogens (tertiary/aromatic N) is 3. The van der Waals surface area contributed by atoms with Crippen molar-refractivity contribution in [2.24, 2.45) is 32.7 Å². The molecule has 0 aromatic heterocycles. The fourth-order valence-electron chi connectivity index (χ4n) is 2.23. The molecule has 3 aliphatic rings. The van der Waals surface area contributed by atoms with Gasteiger partial charge in [0.15, 0.2) is 0 Å². The second-order valence-electron chi connectivity index (χ2n) is 6.41. The molecule has 3 rings (SSSR count). The molecule has 6 N–H and O–H groups in total. The maximum absolute atomic E-state index is 10.8. The van der Waals surface area contributed by atoms with E-state index in [1.165, 1.54) is 18.2 Å². The van der Waals surface area contributed by atoms with Gasteiger partial charge >= 0.3 is 18.5 Å². The van der Waals surface area contributed by atoms with Crippen molar-refractivity contribution in [3.05, 3.63) is 87.0 Å². The van der Waals surface area contributed by atoms with E-state index in [0.29, 0.717) is 0 Å². The largest absolute Gasteiger partial charge is 2.00 e. The van der Waals surface area contributed by atoms with Crippen LogP contribution in [-0.2, 0) is 45.8 Å². The molecule has 3 aliphatic carbocycles. The van der Waals surface area contributed by atoms with Gasteiger partial charge in [0.1, 0.15) is 17.1 Å². The topological polar surface area (TPSA) is 287 Å². The van der Waals surface area contributed by atoms with E-state index in [-0.39, 0.29) is 52.3 Å². The SMILES string of the molecule is NC(=O)C1=C/C(=N\[O-])C(=O)C=C1.NC(=O)C1=C/C(=N\[O-])C(=O)C=C1.NC(=O)C1=C/C(=N\[O-])C(=O)C=C1.[Fe+2].[H+]. The second-order valence-corrected chi connectivity index (χ2v) is 6.41. The first-order valence-electron chi connectivity index (χ1n) is 9.27. The van der Waals surface area contributed by atoms with E-state index in [2.05, 4.69) is 15.5 Å². The second kappa shape index (κ2) is 14.9. The van der Waals surface area contributed by atoms with Crippen LogP contribution in [-0.4, -0.2) is 52.2 Å². The molecule has 0 aliphatic heterocycles. The monoisotopic (exact) mass is 552 g/mol. The summed E-state index contributed by atoms with van der Waals surface area (Å²) in [6.07, 6.45) is 10.2. The van der Waals surface area contributed by atoms with Crippen molar-refractivity contribution in [2.75, 3.05) is 0 Å². The van der Waals surface area contributed by atoms with Crippen LogP contribution in [0.4, 0.5) is 0 Å². The number of carbonyl (C=O) groups is 6. The van der Waals surface area contributed by atoms with Gasteiger partial charge in [0, 0.05) is 16.7 Å². The number of carbonyl (C=O) groups excluding carboxylic acids is 6. The minimum atomic E-state index is -0.695. The average Bonchev–Trinajstić information content (AvgIpc) is 2.85. The molecule has 0 aromatic rings. The Kier molecular flexibility index (Phi) is 12.8. The van der Waals surface area contributed by atoms with Gasteiger partial charge in [-0.25, -0.2) is 0 Å². The maximum atomic E-state index is 10.8. The number of amides is 3. The molecule has 0 spiro atoms. The Hall–Kier alpha value is -5.21. The first-order chi connectivity index (χ1) is 16.9. The Morgan fingerprint density at radius 2 is 0.757 bits per heavy atom. The molecule has 0 fully saturated rings. The number of hydrogen-bond acceptors (Lipinski definition) is 12. The Labute approximate surface area is 219 Å². The smallest absolute Gasteiger partial charge is 0.791 e. The molecule has 0 aromatic carbocycles. The van der Waals surface area contributed by atoms with Gasteiger partial charge in [0.2, 0.25) is 35.1 Å². The molecule has 15 nitrogen and oxygen atoms in total. The summed E-state index contributed by atoms with van der Waals surface area (Å²) in [4.78, 5) is 64.0. The summed E-state index contributed by atoms with van der Waals surface area (Å²) in [6.45, 7) is 0. The third kappa shape index (κ3) is 9.51. The minimum Gasteiger partial charge on any atom is -0.791 e. The number of allylic oxidation sites excluding steroid dienone is 6. The molecule has 192 valence electrons. The minimum absolute atomic E-state index is 0. The van der Waals surface area contributed by atoms with Crippen molar-refractivity contribution in [1.82, 2.24) is 0 Å². The summed E-state index contributed by atoms with van der Waals surface area (Å²) >= 11 is 0. The van der Waals surface area contributed by atoms with Crippen LogP contribution < -0.4 is 17.2 Å². The number of ketones is 3. The van der Waals surface area contributed by atoms with E-state index in [9.17, 15) is 44.4 Å². The van der Waals surface area contributed by atoms with Gasteiger partial charge < -0.3 is 48.3 Å². The average molecular weight is 552 g/mol. The first-order valence-corrected chi connectivity index (χ1v) is 9.27. The number of rotatable bonds is 3. The summed E-state index contributed by atoms with van der Waals surface area (Å²) in [5, 5.41) is 37.3. The third-order valence-electron chi connectivity index (χ3n) is 4.03. The van der Waals surface area contributed by atoms with Gasteiger partial charge in [0.05, 0.1) is 0 Å². The van der Waals surface area contributed by atoms with Gasteiger partial charge in [-0.3, -0.25) is 28.8 Å². The van der Waals surface area contributed by atoms with E-state index < -0.39 is 35.1 Å². The van der Waals surface area contributed by atoms with Crippen LogP contribution in [0.15, 0.2) is 86.9 Å². The van der Waals surface area contributed by atoms with Crippen molar-refractivity contribution >= 4 is 52.2 Å². The molecule has 0 heterocycles. The normalized spacial score (nSPS) is 19.0. The summed E-state index contributed by atoms with van der Waals surface area (Å²) in [5.41, 5.74) is 14.1. The predicted molar refractivity (Wildman–Crippen MR) is 128 cm³/mol. The van der Waals surface area contributed by atoms with Crippen LogP contribution >= 0.6 is 0 Å². The van der Waals surface area contributed by atoms with Crippen LogP contribution in [0.1, 0.15) is 1.43 Å². The molecule has 0 bridgehead atoms. The molecule has 0 saturated heterocycles. The van der Waals surface area contributed by atoms with Gasteiger partial charge in [-0.2, -0.15) is 0 Å². The standard InChI is InChI=1S/3C7H6N2O3.Fe/c3*8-7(11)4-1-2-6(10)5(3-4)9-12;/h3*1-3,12H,(H2,8,11);/q;;;+2/p-2/b3*9-5+;. The summed E-state index contributed by atoms with van der Waals surface area (Å²) < 4.78 is 0. The summed E-state index contributed by atoms with van der Waals surface area (Å²) in [6, 6.07) is 0. The van der Waals surface area contributed by atoms with E-state index in [1.807, 2.05) is 0 Å². The quantitative estimate of drug-likeness (QED) is 0.209. The van der Waals surface area contributed by atoms with Gasteiger partial charge in [-0.1, -0.05) is 0 Å². The van der Waals surface area contributed by atoms with Crippen LogP contribution in [0.25, 0.3) is 0 Å². The molecule has 16 heteroatoms. The zero-order chi connectivity index (χ0) is 27.4. The molecule has 0 saturated carbocycles. The third-order valence-corrected chi connectivity index (χ3v) is 4.03. The number of hydrogen-bond donors (Lipinski definition) is 3. The van der Waals surface area contributed by atoms with Crippen molar-refractivity contribution < 1.29 is 47.3 Å². The van der Waals surface area contributed by atoms with E-state index in [0.717, 1.165) is 36.5 Å². The predicted octanol–water partition coefficient (Wildman–Crippen LogP) is -1.46. The zero-order valence-electron chi connectivity index (χ0n) is 19.3. The maximum Gasteiger partial charge on any atom is 2.00 e. The molecule has 37 heavy (non-hydrogen) atoms. The zero-order valence-corrected chi connectivity index (χ0v) is 19.4. The molecular weight excluding hydrogens is 536 g/mol. The first kappa shape index (κ1) is 31.8. The fraction of sp³-hybridized carbons (Fsp3) is 0. The molecule has 3 amide bonds. The van der Waals surface area contributed by atoms with E-state index in [4.69, 9.17) is 17.2 Å². The number of nitrogens with two attached hydrogens (primary N) is 3. The van der Waals surface area contributed by atoms with Crippen LogP contribution in [0, 0.1) is 15.6 Å². The van der Waals surface area contributed by atoms with Crippen molar-refractivity contribution in [3.8, 4) is 0 Å². The van der Waals surface area contributed by atoms with Crippen molar-refractivity contribution in [1.29, 1.82) is 0 Å². The Morgan fingerprint density at radius 3 is 0.919 bits per heavy atom. The van der Waals surface area contributed by atoms with Crippen LogP contribution in [0.5, 0.6) is 0 Å². The Morgan fingerprint density at radius 1 is 0.541 bits per heavy atom. The van der Waals surface area contributed by atoms with Crippen LogP contribution in [0.2, 0.25) is 0 Å². The fourth-order valence-corrected chi connectivity index (χ4v) is 2.23.